The molecule has 1 aromatic rings. The maximum Gasteiger partial charge on any atom is 0.272 e. The zero-order chi connectivity index (χ0) is 13.1. The molecule has 2 N–H and O–H groups in total. The van der Waals surface area contributed by atoms with Gasteiger partial charge >= 0.3 is 0 Å². The van der Waals surface area contributed by atoms with Crippen molar-refractivity contribution in [2.45, 2.75) is 38.6 Å². The predicted octanol–water partition coefficient (Wildman–Crippen LogP) is 2.74. The summed E-state index contributed by atoms with van der Waals surface area (Å²) in [6, 6.07) is 3.76. The number of anilines is 1. The fourth-order valence-electron chi connectivity index (χ4n) is 2.63. The first kappa shape index (κ1) is 15.8. The summed E-state index contributed by atoms with van der Waals surface area (Å²) in [4.78, 5) is 18.2. The van der Waals surface area contributed by atoms with Gasteiger partial charge in [-0.25, -0.2) is 4.98 Å². The van der Waals surface area contributed by atoms with Gasteiger partial charge in [0.2, 0.25) is 0 Å². The molecule has 0 spiro atoms. The fourth-order valence-corrected chi connectivity index (χ4v) is 2.63. The van der Waals surface area contributed by atoms with Crippen LogP contribution in [0.15, 0.2) is 18.3 Å². The number of nitrogens with two attached hydrogens (primary N) is 1. The monoisotopic (exact) mass is 283 g/mol. The van der Waals surface area contributed by atoms with Gasteiger partial charge in [0.15, 0.2) is 0 Å². The quantitative estimate of drug-likeness (QED) is 0.908. The molecule has 1 aliphatic rings. The van der Waals surface area contributed by atoms with Crippen molar-refractivity contribution in [3.05, 3.63) is 24.0 Å². The lowest BCUT2D eigenvalue weighted by atomic mass is 9.86. The Balaban J connectivity index is 0.00000180. The van der Waals surface area contributed by atoms with Gasteiger partial charge in [0.05, 0.1) is 11.9 Å². The third-order valence-corrected chi connectivity index (χ3v) is 3.78. The molecule has 1 amide bonds. The van der Waals surface area contributed by atoms with Gasteiger partial charge in [0.1, 0.15) is 5.69 Å². The predicted molar refractivity (Wildman–Crippen MR) is 79.4 cm³/mol. The second-order valence-electron chi connectivity index (χ2n) is 5.32. The van der Waals surface area contributed by atoms with E-state index in [1.54, 1.807) is 12.1 Å². The minimum absolute atomic E-state index is 0. The van der Waals surface area contributed by atoms with E-state index >= 15 is 0 Å². The van der Waals surface area contributed by atoms with Crippen molar-refractivity contribution in [2.24, 2.45) is 5.92 Å². The largest absolute Gasteiger partial charge is 0.397 e. The number of hydrogen-bond acceptors (Lipinski definition) is 3. The van der Waals surface area contributed by atoms with Crippen LogP contribution >= 0.6 is 12.4 Å². The Morgan fingerprint density at radius 2 is 2.16 bits per heavy atom. The van der Waals surface area contributed by atoms with Crippen LogP contribution in [0.2, 0.25) is 0 Å². The molecule has 1 heterocycles. The molecule has 4 nitrogen and oxygen atoms in total. The molecule has 0 aromatic carbocycles. The summed E-state index contributed by atoms with van der Waals surface area (Å²) in [5.74, 6) is 0.701. The van der Waals surface area contributed by atoms with Crippen LogP contribution in [0, 0.1) is 5.92 Å². The van der Waals surface area contributed by atoms with Crippen LogP contribution in [-0.4, -0.2) is 28.9 Å². The average Bonchev–Trinajstić information content (AvgIpc) is 2.38. The molecule has 2 unspecified atom stereocenters. The van der Waals surface area contributed by atoms with E-state index in [9.17, 15) is 4.79 Å². The van der Waals surface area contributed by atoms with Gasteiger partial charge in [0.25, 0.3) is 5.91 Å². The number of rotatable bonds is 2. The smallest absolute Gasteiger partial charge is 0.272 e. The Morgan fingerprint density at radius 3 is 2.74 bits per heavy atom. The maximum absolute atomic E-state index is 12.3. The number of carbonyl (C=O) groups excluding carboxylic acids is 1. The summed E-state index contributed by atoms with van der Waals surface area (Å²) in [5, 5.41) is 0. The summed E-state index contributed by atoms with van der Waals surface area (Å²) >= 11 is 0. The van der Waals surface area contributed by atoms with Crippen LogP contribution in [-0.2, 0) is 0 Å². The molecule has 2 atom stereocenters. The van der Waals surface area contributed by atoms with Gasteiger partial charge in [-0.2, -0.15) is 0 Å². The van der Waals surface area contributed by atoms with E-state index in [2.05, 4.69) is 11.9 Å². The highest BCUT2D eigenvalue weighted by molar-refractivity contribution is 5.92. The number of pyridine rings is 1. The Kier molecular flexibility index (Phi) is 5.60. The molecule has 0 saturated heterocycles. The second-order valence-corrected chi connectivity index (χ2v) is 5.32. The van der Waals surface area contributed by atoms with Crippen molar-refractivity contribution < 1.29 is 4.79 Å². The fraction of sp³-hybridized carbons (Fsp3) is 0.571. The van der Waals surface area contributed by atoms with Crippen molar-refractivity contribution in [3.63, 3.8) is 0 Å². The van der Waals surface area contributed by atoms with E-state index < -0.39 is 0 Å². The van der Waals surface area contributed by atoms with Crippen molar-refractivity contribution in [1.82, 2.24) is 9.88 Å². The van der Waals surface area contributed by atoms with Crippen LogP contribution in [0.1, 0.15) is 43.1 Å². The maximum atomic E-state index is 12.3. The molecular weight excluding hydrogens is 262 g/mol. The number of amides is 1. The molecule has 1 aliphatic carbocycles. The molecule has 19 heavy (non-hydrogen) atoms. The number of hydrogen-bond donors (Lipinski definition) is 1. The summed E-state index contributed by atoms with van der Waals surface area (Å²) in [5.41, 5.74) is 6.64. The van der Waals surface area contributed by atoms with Gasteiger partial charge < -0.3 is 10.6 Å². The lowest BCUT2D eigenvalue weighted by Crippen LogP contribution is -2.40. The zero-order valence-corrected chi connectivity index (χ0v) is 12.3. The van der Waals surface area contributed by atoms with E-state index in [1.165, 1.54) is 19.0 Å². The molecule has 0 radical (unpaired) electrons. The first-order valence-corrected chi connectivity index (χ1v) is 6.56. The minimum Gasteiger partial charge on any atom is -0.397 e. The van der Waals surface area contributed by atoms with Gasteiger partial charge in [0, 0.05) is 13.1 Å². The molecule has 0 aliphatic heterocycles. The summed E-state index contributed by atoms with van der Waals surface area (Å²) in [6.45, 7) is 2.26. The molecule has 2 rings (SSSR count). The van der Waals surface area contributed by atoms with Crippen molar-refractivity contribution in [3.8, 4) is 0 Å². The number of nitrogen functional groups attached to an aromatic ring is 1. The topological polar surface area (TPSA) is 59.2 Å². The Bertz CT molecular complexity index is 421. The molecule has 1 fully saturated rings. The van der Waals surface area contributed by atoms with Crippen LogP contribution in [0.5, 0.6) is 0 Å². The molecule has 1 saturated carbocycles. The second kappa shape index (κ2) is 6.75. The van der Waals surface area contributed by atoms with Crippen LogP contribution in [0.3, 0.4) is 0 Å². The number of carbonyl (C=O) groups is 1. The lowest BCUT2D eigenvalue weighted by Gasteiger charge is -2.34. The summed E-state index contributed by atoms with van der Waals surface area (Å²) < 4.78 is 0. The Morgan fingerprint density at radius 1 is 1.42 bits per heavy atom. The SMILES string of the molecule is CC1CCCC(N(C)C(=O)c2ccc(N)cn2)C1.Cl. The van der Waals surface area contributed by atoms with Crippen LogP contribution in [0.25, 0.3) is 0 Å². The van der Waals surface area contributed by atoms with Gasteiger partial charge in [-0.3, -0.25) is 4.79 Å². The summed E-state index contributed by atoms with van der Waals surface area (Å²) in [7, 11) is 1.88. The third kappa shape index (κ3) is 3.83. The third-order valence-electron chi connectivity index (χ3n) is 3.78. The minimum atomic E-state index is -0.00546. The first-order chi connectivity index (χ1) is 8.58. The highest BCUT2D eigenvalue weighted by Gasteiger charge is 2.26. The average molecular weight is 284 g/mol. The van der Waals surface area contributed by atoms with Gasteiger partial charge in [-0.1, -0.05) is 19.8 Å². The van der Waals surface area contributed by atoms with Crippen LogP contribution in [0.4, 0.5) is 5.69 Å². The normalized spacial score (nSPS) is 22.4. The van der Waals surface area contributed by atoms with Crippen molar-refractivity contribution in [1.29, 1.82) is 0 Å². The number of nitrogens with zero attached hydrogens (tertiary/aromatic N) is 2. The molecule has 0 bridgehead atoms. The van der Waals surface area contributed by atoms with Crippen molar-refractivity contribution >= 4 is 24.0 Å². The number of halogens is 1. The van der Waals surface area contributed by atoms with Gasteiger partial charge in [-0.15, -0.1) is 12.4 Å². The highest BCUT2D eigenvalue weighted by atomic mass is 35.5. The van der Waals surface area contributed by atoms with E-state index in [0.717, 1.165) is 12.8 Å². The highest BCUT2D eigenvalue weighted by Crippen LogP contribution is 2.27. The molecule has 5 heteroatoms. The van der Waals surface area contributed by atoms with E-state index in [-0.39, 0.29) is 18.3 Å². The number of aromatic nitrogens is 1. The van der Waals surface area contributed by atoms with Crippen LogP contribution < -0.4 is 5.73 Å². The summed E-state index contributed by atoms with van der Waals surface area (Å²) in [6.07, 6.45) is 6.21. The van der Waals surface area contributed by atoms with E-state index in [4.69, 9.17) is 5.73 Å². The molecule has 106 valence electrons. The molecule has 1 aromatic heterocycles. The Labute approximate surface area is 120 Å². The van der Waals surface area contributed by atoms with Crippen molar-refractivity contribution in [2.75, 3.05) is 12.8 Å². The standard InChI is InChI=1S/C14H21N3O.ClH/c1-10-4-3-5-12(8-10)17(2)14(18)13-7-6-11(15)9-16-13;/h6-7,9-10,12H,3-5,8,15H2,1-2H3;1H. The van der Waals surface area contributed by atoms with Gasteiger partial charge in [-0.05, 0) is 30.9 Å². The first-order valence-electron chi connectivity index (χ1n) is 6.56. The van der Waals surface area contributed by atoms with E-state index in [0.29, 0.717) is 23.3 Å². The Hall–Kier alpha value is -1.29. The lowest BCUT2D eigenvalue weighted by molar-refractivity contribution is 0.0666. The molecular formula is C14H22ClN3O. The zero-order valence-electron chi connectivity index (χ0n) is 11.5. The van der Waals surface area contributed by atoms with E-state index in [1.807, 2.05) is 11.9 Å².